The molecule has 0 fully saturated rings. The molecule has 0 spiro atoms. The largest absolute Gasteiger partial charge is 0.357 e. The molecule has 0 saturated carbocycles. The lowest BCUT2D eigenvalue weighted by Crippen LogP contribution is -2.48. The third-order valence-corrected chi connectivity index (χ3v) is 5.82. The molecule has 1 N–H and O–H groups in total. The van der Waals surface area contributed by atoms with E-state index in [0.717, 1.165) is 22.2 Å². The maximum atomic E-state index is 12.8. The van der Waals surface area contributed by atoms with E-state index in [2.05, 4.69) is 21.2 Å². The molecule has 2 aromatic rings. The number of halogens is 1. The molecule has 0 aliphatic carbocycles. The lowest BCUT2D eigenvalue weighted by atomic mass is 10.1. The van der Waals surface area contributed by atoms with Crippen LogP contribution in [0.4, 0.5) is 0 Å². The second kappa shape index (κ2) is 11.1. The maximum Gasteiger partial charge on any atom is 0.242 e. The second-order valence-corrected chi connectivity index (χ2v) is 8.13. The summed E-state index contributed by atoms with van der Waals surface area (Å²) in [5, 5.41) is 2.64. The molecule has 2 aromatic carbocycles. The van der Waals surface area contributed by atoms with Crippen LogP contribution in [-0.4, -0.2) is 42.1 Å². The zero-order chi connectivity index (χ0) is 19.6. The van der Waals surface area contributed by atoms with Gasteiger partial charge in [0.05, 0.1) is 5.75 Å². The summed E-state index contributed by atoms with van der Waals surface area (Å²) in [6, 6.07) is 17.6. The van der Waals surface area contributed by atoms with Crippen LogP contribution in [0.25, 0.3) is 0 Å². The van der Waals surface area contributed by atoms with Crippen LogP contribution in [0.1, 0.15) is 18.1 Å². The fourth-order valence-corrected chi connectivity index (χ4v) is 3.83. The van der Waals surface area contributed by atoms with Crippen LogP contribution in [0, 0.1) is 0 Å². The Morgan fingerprint density at radius 1 is 1.07 bits per heavy atom. The van der Waals surface area contributed by atoms with Crippen molar-refractivity contribution in [1.29, 1.82) is 0 Å². The molecule has 27 heavy (non-hydrogen) atoms. The Kier molecular flexibility index (Phi) is 8.88. The van der Waals surface area contributed by atoms with Gasteiger partial charge in [0.2, 0.25) is 11.8 Å². The van der Waals surface area contributed by atoms with Gasteiger partial charge in [-0.2, -0.15) is 0 Å². The molecule has 2 rings (SSSR count). The van der Waals surface area contributed by atoms with Crippen molar-refractivity contribution in [3.63, 3.8) is 0 Å². The minimum atomic E-state index is -0.487. The van der Waals surface area contributed by atoms with Gasteiger partial charge < -0.3 is 10.2 Å². The van der Waals surface area contributed by atoms with Crippen LogP contribution in [0.3, 0.4) is 0 Å². The fraction of sp³-hybridized carbons (Fsp3) is 0.333. The van der Waals surface area contributed by atoms with E-state index >= 15 is 0 Å². The quantitative estimate of drug-likeness (QED) is 0.632. The van der Waals surface area contributed by atoms with Crippen LogP contribution in [-0.2, 0) is 21.8 Å². The highest BCUT2D eigenvalue weighted by Crippen LogP contribution is 2.17. The Morgan fingerprint density at radius 2 is 1.74 bits per heavy atom. The van der Waals surface area contributed by atoms with E-state index in [4.69, 9.17) is 0 Å². The molecular weight excluding hydrogens is 424 g/mol. The second-order valence-electron chi connectivity index (χ2n) is 6.23. The zero-order valence-corrected chi connectivity index (χ0v) is 18.1. The summed E-state index contributed by atoms with van der Waals surface area (Å²) in [5.41, 5.74) is 2.33. The van der Waals surface area contributed by atoms with Crippen LogP contribution in [0.2, 0.25) is 0 Å². The fourth-order valence-electron chi connectivity index (χ4n) is 2.70. The number of likely N-dealkylation sites (N-methyl/N-ethyl adjacent to an activating group) is 1. The van der Waals surface area contributed by atoms with Gasteiger partial charge in [0, 0.05) is 23.8 Å². The van der Waals surface area contributed by atoms with Gasteiger partial charge in [-0.15, -0.1) is 11.8 Å². The first-order valence-corrected chi connectivity index (χ1v) is 10.8. The molecule has 0 saturated heterocycles. The molecule has 144 valence electrons. The standard InChI is InChI=1S/C21H25BrN2O2S/c1-16(21(26)23-2)24(13-12-17-6-4-3-5-7-17)20(25)15-27-14-18-8-10-19(22)11-9-18/h3-11,16H,12-15H2,1-2H3,(H,23,26)/t16-/m1/s1. The number of benzene rings is 2. The Balaban J connectivity index is 1.94. The minimum absolute atomic E-state index is 0.0101. The SMILES string of the molecule is CNC(=O)[C@@H](C)N(CCc1ccccc1)C(=O)CSCc1ccc(Br)cc1. The van der Waals surface area contributed by atoms with Crippen molar-refractivity contribution in [3.8, 4) is 0 Å². The van der Waals surface area contributed by atoms with Crippen LogP contribution in [0.5, 0.6) is 0 Å². The highest BCUT2D eigenvalue weighted by Gasteiger charge is 2.24. The lowest BCUT2D eigenvalue weighted by Gasteiger charge is -2.28. The summed E-state index contributed by atoms with van der Waals surface area (Å²) >= 11 is 4.99. The summed E-state index contributed by atoms with van der Waals surface area (Å²) < 4.78 is 1.04. The van der Waals surface area contributed by atoms with Gasteiger partial charge in [0.1, 0.15) is 6.04 Å². The third-order valence-electron chi connectivity index (χ3n) is 4.31. The van der Waals surface area contributed by atoms with Gasteiger partial charge in [-0.3, -0.25) is 9.59 Å². The lowest BCUT2D eigenvalue weighted by molar-refractivity contribution is -0.137. The number of thioether (sulfide) groups is 1. The predicted molar refractivity (Wildman–Crippen MR) is 116 cm³/mol. The normalized spacial score (nSPS) is 11.7. The van der Waals surface area contributed by atoms with E-state index in [1.54, 1.807) is 30.6 Å². The molecule has 2 amide bonds. The number of carbonyl (C=O) groups is 2. The van der Waals surface area contributed by atoms with Crippen molar-refractivity contribution in [2.45, 2.75) is 25.1 Å². The highest BCUT2D eigenvalue weighted by atomic mass is 79.9. The number of hydrogen-bond acceptors (Lipinski definition) is 3. The van der Waals surface area contributed by atoms with E-state index < -0.39 is 6.04 Å². The number of rotatable bonds is 9. The Morgan fingerprint density at radius 3 is 2.37 bits per heavy atom. The smallest absolute Gasteiger partial charge is 0.242 e. The van der Waals surface area contributed by atoms with Crippen molar-refractivity contribution in [1.82, 2.24) is 10.2 Å². The number of nitrogens with one attached hydrogen (secondary N) is 1. The van der Waals surface area contributed by atoms with Gasteiger partial charge in [0.25, 0.3) is 0 Å². The molecule has 0 aromatic heterocycles. The van der Waals surface area contributed by atoms with E-state index in [1.165, 1.54) is 5.56 Å². The average molecular weight is 449 g/mol. The Labute approximate surface area is 173 Å². The van der Waals surface area contributed by atoms with Crippen molar-refractivity contribution in [2.24, 2.45) is 0 Å². The third kappa shape index (κ3) is 7.03. The summed E-state index contributed by atoms with van der Waals surface area (Å²) in [6.07, 6.45) is 0.727. The van der Waals surface area contributed by atoms with Crippen LogP contribution in [0.15, 0.2) is 59.1 Å². The van der Waals surface area contributed by atoms with Gasteiger partial charge >= 0.3 is 0 Å². The van der Waals surface area contributed by atoms with Gasteiger partial charge in [-0.25, -0.2) is 0 Å². The molecule has 0 heterocycles. The summed E-state index contributed by atoms with van der Waals surface area (Å²) in [6.45, 7) is 2.30. The zero-order valence-electron chi connectivity index (χ0n) is 15.7. The number of hydrogen-bond donors (Lipinski definition) is 1. The van der Waals surface area contributed by atoms with E-state index in [9.17, 15) is 9.59 Å². The minimum Gasteiger partial charge on any atom is -0.357 e. The van der Waals surface area contributed by atoms with E-state index in [0.29, 0.717) is 12.3 Å². The average Bonchev–Trinajstić information content (AvgIpc) is 2.69. The predicted octanol–water partition coefficient (Wildman–Crippen LogP) is 3.89. The number of carbonyl (C=O) groups excluding carboxylic acids is 2. The molecule has 1 atom stereocenters. The molecular formula is C21H25BrN2O2S. The first-order chi connectivity index (χ1) is 13.0. The first-order valence-electron chi connectivity index (χ1n) is 8.88. The topological polar surface area (TPSA) is 49.4 Å². The number of nitrogens with zero attached hydrogens (tertiary/aromatic N) is 1. The molecule has 0 unspecified atom stereocenters. The van der Waals surface area contributed by atoms with Crippen molar-refractivity contribution >= 4 is 39.5 Å². The Bertz CT molecular complexity index is 738. The molecule has 0 aliphatic heterocycles. The van der Waals surface area contributed by atoms with Crippen LogP contribution >= 0.6 is 27.7 Å². The van der Waals surface area contributed by atoms with Crippen molar-refractivity contribution in [3.05, 3.63) is 70.2 Å². The van der Waals surface area contributed by atoms with Crippen LogP contribution < -0.4 is 5.32 Å². The Hall–Kier alpha value is -1.79. The highest BCUT2D eigenvalue weighted by molar-refractivity contribution is 9.10. The summed E-state index contributed by atoms with van der Waals surface area (Å²) in [4.78, 5) is 26.5. The van der Waals surface area contributed by atoms with E-state index in [-0.39, 0.29) is 11.8 Å². The van der Waals surface area contributed by atoms with E-state index in [1.807, 2.05) is 54.6 Å². The van der Waals surface area contributed by atoms with Crippen molar-refractivity contribution < 1.29 is 9.59 Å². The monoisotopic (exact) mass is 448 g/mol. The molecule has 0 bridgehead atoms. The summed E-state index contributed by atoms with van der Waals surface area (Å²) in [5.74, 6) is 0.963. The molecule has 0 aliphatic rings. The summed E-state index contributed by atoms with van der Waals surface area (Å²) in [7, 11) is 1.60. The first kappa shape index (κ1) is 21.5. The van der Waals surface area contributed by atoms with Crippen molar-refractivity contribution in [2.75, 3.05) is 19.3 Å². The van der Waals surface area contributed by atoms with Gasteiger partial charge in [-0.05, 0) is 36.6 Å². The van der Waals surface area contributed by atoms with Gasteiger partial charge in [-0.1, -0.05) is 58.4 Å². The van der Waals surface area contributed by atoms with Gasteiger partial charge in [0.15, 0.2) is 0 Å². The molecule has 0 radical (unpaired) electrons. The molecule has 6 heteroatoms. The molecule has 4 nitrogen and oxygen atoms in total. The maximum absolute atomic E-state index is 12.8. The number of amides is 2.